The molecule has 1 fully saturated rings. The number of carbonyl (C=O) groups excluding carboxylic acids is 1. The van der Waals surface area contributed by atoms with Crippen molar-refractivity contribution in [1.82, 2.24) is 9.88 Å². The van der Waals surface area contributed by atoms with Crippen molar-refractivity contribution in [3.8, 4) is 11.6 Å². The first-order valence-electron chi connectivity index (χ1n) is 9.24. The number of pyridine rings is 1. The van der Waals surface area contributed by atoms with E-state index in [0.717, 1.165) is 50.2 Å². The Morgan fingerprint density at radius 3 is 2.92 bits per heavy atom. The molecule has 1 aromatic carbocycles. The van der Waals surface area contributed by atoms with Gasteiger partial charge in [-0.3, -0.25) is 4.79 Å². The van der Waals surface area contributed by atoms with Gasteiger partial charge in [-0.15, -0.1) is 0 Å². The third kappa shape index (κ3) is 2.37. The quantitative estimate of drug-likeness (QED) is 0.836. The molecule has 3 aliphatic rings. The van der Waals surface area contributed by atoms with E-state index in [-0.39, 0.29) is 11.3 Å². The Bertz CT molecular complexity index is 887. The lowest BCUT2D eigenvalue weighted by Crippen LogP contribution is -2.62. The van der Waals surface area contributed by atoms with E-state index < -0.39 is 0 Å². The number of hydrogen-bond donors (Lipinski definition) is 0. The van der Waals surface area contributed by atoms with Crippen LogP contribution in [0.25, 0.3) is 0 Å². The maximum absolute atomic E-state index is 13.0. The minimum absolute atomic E-state index is 0.0218. The Balaban J connectivity index is 1.35. The number of aryl methyl sites for hydroxylation is 2. The van der Waals surface area contributed by atoms with Gasteiger partial charge < -0.3 is 14.4 Å². The van der Waals surface area contributed by atoms with E-state index in [1.807, 2.05) is 29.2 Å². The number of carbonyl (C=O) groups is 1. The van der Waals surface area contributed by atoms with Crippen molar-refractivity contribution in [2.75, 3.05) is 26.8 Å². The number of methoxy groups -OCH3 is 1. The predicted octanol–water partition coefficient (Wildman–Crippen LogP) is 2.66. The van der Waals surface area contributed by atoms with E-state index in [0.29, 0.717) is 18.1 Å². The first-order chi connectivity index (χ1) is 12.7. The molecule has 5 heteroatoms. The topological polar surface area (TPSA) is 51.7 Å². The maximum Gasteiger partial charge on any atom is 0.259 e. The molecule has 2 aromatic rings. The average molecular weight is 350 g/mol. The van der Waals surface area contributed by atoms with E-state index in [9.17, 15) is 4.79 Å². The number of benzene rings is 1. The molecule has 3 heterocycles. The van der Waals surface area contributed by atoms with Gasteiger partial charge in [0.15, 0.2) is 0 Å². The normalized spacial score (nSPS) is 19.3. The van der Waals surface area contributed by atoms with E-state index in [1.54, 1.807) is 7.11 Å². The molecular weight excluding hydrogens is 328 g/mol. The maximum atomic E-state index is 13.0. The molecular formula is C21H22N2O3. The third-order valence-corrected chi connectivity index (χ3v) is 5.85. The Hall–Kier alpha value is -2.56. The molecule has 2 aliphatic heterocycles. The van der Waals surface area contributed by atoms with Gasteiger partial charge >= 0.3 is 0 Å². The standard InChI is InChI=1S/C21H22N2O3/c1-25-19-16(9-14-6-4-7-17(14)22-19)20(24)23-11-21(12-23)10-15-5-2-3-8-18(15)26-13-21/h2-3,5,8-9H,4,6-7,10-13H2,1H3. The lowest BCUT2D eigenvalue weighted by molar-refractivity contribution is -0.0292. The van der Waals surface area contributed by atoms with Gasteiger partial charge in [0.05, 0.1) is 13.7 Å². The molecule has 0 bridgehead atoms. The van der Waals surface area contributed by atoms with Gasteiger partial charge in [0, 0.05) is 24.2 Å². The highest BCUT2D eigenvalue weighted by Gasteiger charge is 2.48. The van der Waals surface area contributed by atoms with Crippen LogP contribution in [0.1, 0.15) is 33.6 Å². The Kier molecular flexibility index (Phi) is 3.45. The van der Waals surface area contributed by atoms with Crippen LogP contribution in [-0.4, -0.2) is 42.6 Å². The molecule has 0 N–H and O–H groups in total. The number of hydrogen-bond acceptors (Lipinski definition) is 4. The van der Waals surface area contributed by atoms with Crippen LogP contribution in [0.5, 0.6) is 11.6 Å². The van der Waals surface area contributed by atoms with Crippen molar-refractivity contribution in [2.24, 2.45) is 5.41 Å². The van der Waals surface area contributed by atoms with Crippen molar-refractivity contribution >= 4 is 5.91 Å². The zero-order valence-corrected chi connectivity index (χ0v) is 15.0. The average Bonchev–Trinajstić information content (AvgIpc) is 3.11. The van der Waals surface area contributed by atoms with Gasteiger partial charge in [0.25, 0.3) is 5.91 Å². The van der Waals surface area contributed by atoms with Gasteiger partial charge in [0.2, 0.25) is 5.88 Å². The Morgan fingerprint density at radius 2 is 2.08 bits per heavy atom. The molecule has 134 valence electrons. The van der Waals surface area contributed by atoms with E-state index in [4.69, 9.17) is 9.47 Å². The zero-order valence-electron chi connectivity index (χ0n) is 15.0. The molecule has 26 heavy (non-hydrogen) atoms. The highest BCUT2D eigenvalue weighted by molar-refractivity contribution is 5.97. The summed E-state index contributed by atoms with van der Waals surface area (Å²) in [6.07, 6.45) is 4.05. The van der Waals surface area contributed by atoms with Crippen LogP contribution in [0, 0.1) is 5.41 Å². The minimum atomic E-state index is 0.0218. The van der Waals surface area contributed by atoms with Crippen molar-refractivity contribution in [3.05, 3.63) is 52.7 Å². The molecule has 1 amide bonds. The van der Waals surface area contributed by atoms with Gasteiger partial charge in [-0.25, -0.2) is 4.98 Å². The number of likely N-dealkylation sites (tertiary alicyclic amines) is 1. The molecule has 0 unspecified atom stereocenters. The van der Waals surface area contributed by atoms with Gasteiger partial charge in [-0.1, -0.05) is 18.2 Å². The highest BCUT2D eigenvalue weighted by atomic mass is 16.5. The molecule has 5 nitrogen and oxygen atoms in total. The van der Waals surface area contributed by atoms with E-state index >= 15 is 0 Å². The fourth-order valence-electron chi connectivity index (χ4n) is 4.52. The summed E-state index contributed by atoms with van der Waals surface area (Å²) in [5.41, 5.74) is 4.15. The van der Waals surface area contributed by atoms with Crippen molar-refractivity contribution in [2.45, 2.75) is 25.7 Å². The monoisotopic (exact) mass is 350 g/mol. The second-order valence-electron chi connectivity index (χ2n) is 7.74. The van der Waals surface area contributed by atoms with Crippen LogP contribution in [-0.2, 0) is 19.3 Å². The summed E-state index contributed by atoms with van der Waals surface area (Å²) in [6, 6.07) is 10.2. The summed E-state index contributed by atoms with van der Waals surface area (Å²) in [6.45, 7) is 2.12. The van der Waals surface area contributed by atoms with Crippen LogP contribution in [0.4, 0.5) is 0 Å². The molecule has 0 radical (unpaired) electrons. The van der Waals surface area contributed by atoms with Crippen LogP contribution in [0.2, 0.25) is 0 Å². The Morgan fingerprint density at radius 1 is 1.23 bits per heavy atom. The number of para-hydroxylation sites is 1. The van der Waals surface area contributed by atoms with Crippen molar-refractivity contribution in [3.63, 3.8) is 0 Å². The summed E-state index contributed by atoms with van der Waals surface area (Å²) in [4.78, 5) is 19.5. The first-order valence-corrected chi connectivity index (χ1v) is 9.24. The molecule has 1 aromatic heterocycles. The highest BCUT2D eigenvalue weighted by Crippen LogP contribution is 2.42. The van der Waals surface area contributed by atoms with E-state index in [1.165, 1.54) is 11.1 Å². The SMILES string of the molecule is COc1nc2c(cc1C(=O)N1CC3(COc4ccccc4C3)C1)CCC2. The zero-order chi connectivity index (χ0) is 17.7. The number of aromatic nitrogens is 1. The van der Waals surface area contributed by atoms with Crippen LogP contribution >= 0.6 is 0 Å². The third-order valence-electron chi connectivity index (χ3n) is 5.85. The lowest BCUT2D eigenvalue weighted by Gasteiger charge is -2.51. The number of nitrogens with zero attached hydrogens (tertiary/aromatic N) is 2. The largest absolute Gasteiger partial charge is 0.493 e. The lowest BCUT2D eigenvalue weighted by atomic mass is 9.73. The number of amides is 1. The van der Waals surface area contributed by atoms with Crippen LogP contribution in [0.3, 0.4) is 0 Å². The predicted molar refractivity (Wildman–Crippen MR) is 96.8 cm³/mol. The summed E-state index contributed by atoms with van der Waals surface area (Å²) < 4.78 is 11.4. The second kappa shape index (κ2) is 5.73. The molecule has 1 aliphatic carbocycles. The Labute approximate surface area is 152 Å². The van der Waals surface area contributed by atoms with Crippen LogP contribution < -0.4 is 9.47 Å². The number of ether oxygens (including phenoxy) is 2. The van der Waals surface area contributed by atoms with Crippen molar-refractivity contribution < 1.29 is 14.3 Å². The number of rotatable bonds is 2. The first kappa shape index (κ1) is 15.7. The minimum Gasteiger partial charge on any atom is -0.493 e. The molecule has 0 atom stereocenters. The second-order valence-corrected chi connectivity index (χ2v) is 7.74. The van der Waals surface area contributed by atoms with Gasteiger partial charge in [-0.2, -0.15) is 0 Å². The van der Waals surface area contributed by atoms with Gasteiger partial charge in [0.1, 0.15) is 11.3 Å². The van der Waals surface area contributed by atoms with E-state index in [2.05, 4.69) is 11.1 Å². The van der Waals surface area contributed by atoms with Crippen LogP contribution in [0.15, 0.2) is 30.3 Å². The molecule has 0 saturated carbocycles. The molecule has 1 spiro atoms. The smallest absolute Gasteiger partial charge is 0.259 e. The summed E-state index contributed by atoms with van der Waals surface area (Å²) in [5.74, 6) is 1.46. The number of fused-ring (bicyclic) bond motifs is 2. The fraction of sp³-hybridized carbons (Fsp3) is 0.429. The summed E-state index contributed by atoms with van der Waals surface area (Å²) >= 11 is 0. The molecule has 1 saturated heterocycles. The van der Waals surface area contributed by atoms with Gasteiger partial charge in [-0.05, 0) is 48.9 Å². The summed E-state index contributed by atoms with van der Waals surface area (Å²) in [5, 5.41) is 0. The van der Waals surface area contributed by atoms with Crippen molar-refractivity contribution in [1.29, 1.82) is 0 Å². The fourth-order valence-corrected chi connectivity index (χ4v) is 4.52. The molecule has 5 rings (SSSR count). The summed E-state index contributed by atoms with van der Waals surface area (Å²) in [7, 11) is 1.59.